The summed E-state index contributed by atoms with van der Waals surface area (Å²) >= 11 is 0. The lowest BCUT2D eigenvalue weighted by molar-refractivity contribution is -0.140. The van der Waals surface area contributed by atoms with Gasteiger partial charge in [0.25, 0.3) is 0 Å². The number of hydrogen-bond acceptors (Lipinski definition) is 8. The Hall–Kier alpha value is -3.42. The summed E-state index contributed by atoms with van der Waals surface area (Å²) < 4.78 is 20.7. The van der Waals surface area contributed by atoms with Gasteiger partial charge in [0.05, 0.1) is 50.8 Å². The van der Waals surface area contributed by atoms with E-state index in [-0.39, 0.29) is 23.0 Å². The monoisotopic (exact) mass is 382 g/mol. The minimum atomic E-state index is -0.612. The van der Waals surface area contributed by atoms with Crippen LogP contribution < -0.4 is 9.47 Å². The lowest BCUT2D eigenvalue weighted by atomic mass is 9.63. The Kier molecular flexibility index (Phi) is 4.26. The number of allylic oxidation sites excluding steroid dienone is 5. The Labute approximate surface area is 161 Å². The number of carbonyl (C=O) groups is 2. The van der Waals surface area contributed by atoms with Crippen molar-refractivity contribution in [3.8, 4) is 11.9 Å². The third-order valence-electron chi connectivity index (χ3n) is 5.14. The molecule has 1 heterocycles. The molecule has 8 heteroatoms. The Morgan fingerprint density at radius 1 is 0.929 bits per heavy atom. The molecule has 0 N–H and O–H groups in total. The van der Waals surface area contributed by atoms with Crippen LogP contribution >= 0.6 is 0 Å². The van der Waals surface area contributed by atoms with E-state index in [9.17, 15) is 9.59 Å². The van der Waals surface area contributed by atoms with Crippen LogP contribution in [-0.4, -0.2) is 50.3 Å². The predicted molar refractivity (Wildman–Crippen MR) is 97.6 cm³/mol. The molecular weight excluding hydrogens is 364 g/mol. The molecule has 144 valence electrons. The van der Waals surface area contributed by atoms with E-state index in [1.54, 1.807) is 0 Å². The molecule has 1 aromatic rings. The van der Waals surface area contributed by atoms with Crippen molar-refractivity contribution < 1.29 is 28.5 Å². The first-order chi connectivity index (χ1) is 13.5. The summed E-state index contributed by atoms with van der Waals surface area (Å²) in [5.74, 6) is -1.97. The molecule has 0 aromatic carbocycles. The van der Waals surface area contributed by atoms with Crippen molar-refractivity contribution in [3.05, 3.63) is 51.8 Å². The Morgan fingerprint density at radius 3 is 2.29 bits per heavy atom. The highest BCUT2D eigenvalue weighted by Gasteiger charge is 2.48. The van der Waals surface area contributed by atoms with E-state index in [1.165, 1.54) is 28.4 Å². The number of aromatic nitrogens is 2. The van der Waals surface area contributed by atoms with Crippen molar-refractivity contribution >= 4 is 18.0 Å². The van der Waals surface area contributed by atoms with E-state index in [0.29, 0.717) is 11.3 Å². The fourth-order valence-corrected chi connectivity index (χ4v) is 4.02. The molecule has 0 radical (unpaired) electrons. The number of rotatable bonds is 4. The Balaban J connectivity index is 2.10. The van der Waals surface area contributed by atoms with Crippen molar-refractivity contribution in [2.24, 2.45) is 5.92 Å². The van der Waals surface area contributed by atoms with E-state index in [2.05, 4.69) is 9.97 Å². The minimum Gasteiger partial charge on any atom is -0.481 e. The van der Waals surface area contributed by atoms with E-state index in [1.807, 2.05) is 24.3 Å². The number of ether oxygens (including phenoxy) is 4. The van der Waals surface area contributed by atoms with Crippen LogP contribution in [0.2, 0.25) is 0 Å². The molecule has 3 aliphatic rings. The number of hydrogen-bond donors (Lipinski definition) is 0. The molecule has 4 rings (SSSR count). The predicted octanol–water partition coefficient (Wildman–Crippen LogP) is 1.74. The van der Waals surface area contributed by atoms with Gasteiger partial charge >= 0.3 is 17.9 Å². The van der Waals surface area contributed by atoms with Crippen molar-refractivity contribution in [1.29, 1.82) is 0 Å². The molecule has 28 heavy (non-hydrogen) atoms. The first-order valence-corrected chi connectivity index (χ1v) is 8.56. The summed E-state index contributed by atoms with van der Waals surface area (Å²) in [6.07, 6.45) is 7.50. The van der Waals surface area contributed by atoms with Gasteiger partial charge in [0.15, 0.2) is 0 Å². The van der Waals surface area contributed by atoms with E-state index >= 15 is 0 Å². The zero-order valence-electron chi connectivity index (χ0n) is 15.8. The maximum Gasteiger partial charge on any atom is 0.335 e. The largest absolute Gasteiger partial charge is 0.481 e. The van der Waals surface area contributed by atoms with Gasteiger partial charge in [-0.15, -0.1) is 0 Å². The van der Waals surface area contributed by atoms with Crippen molar-refractivity contribution in [2.45, 2.75) is 5.92 Å². The van der Waals surface area contributed by atoms with E-state index in [4.69, 9.17) is 18.9 Å². The standard InChI is InChI=1S/C20H18N2O6/c1-25-17-15-12(21-20(22-17)28-4)8-11-9-6-5-7-10(11)14(18(23)26-2)16(13(9)15)19(24)27-3/h5-8,10,13H,1-4H3/t10-,13+/m1/s1. The van der Waals surface area contributed by atoms with Crippen LogP contribution in [0.25, 0.3) is 6.08 Å². The fourth-order valence-electron chi connectivity index (χ4n) is 4.02. The third kappa shape index (κ3) is 2.37. The van der Waals surface area contributed by atoms with Crippen molar-refractivity contribution in [3.63, 3.8) is 0 Å². The maximum absolute atomic E-state index is 12.8. The van der Waals surface area contributed by atoms with Gasteiger partial charge < -0.3 is 18.9 Å². The Morgan fingerprint density at radius 2 is 1.64 bits per heavy atom. The zero-order chi connectivity index (χ0) is 20.0. The molecule has 0 amide bonds. The van der Waals surface area contributed by atoms with Crippen LogP contribution in [0.5, 0.6) is 11.9 Å². The molecule has 0 aliphatic heterocycles. The molecule has 8 nitrogen and oxygen atoms in total. The molecule has 3 aliphatic carbocycles. The normalized spacial score (nSPS) is 21.3. The summed E-state index contributed by atoms with van der Waals surface area (Å²) in [5, 5.41) is 0. The average molecular weight is 382 g/mol. The molecule has 0 saturated carbocycles. The number of carbonyl (C=O) groups excluding carboxylic acids is 2. The number of nitrogens with zero attached hydrogens (tertiary/aromatic N) is 2. The molecule has 4 bridgehead atoms. The van der Waals surface area contributed by atoms with Crippen LogP contribution in [0, 0.1) is 5.92 Å². The topological polar surface area (TPSA) is 96.8 Å². The highest BCUT2D eigenvalue weighted by Crippen LogP contribution is 2.55. The summed E-state index contributed by atoms with van der Waals surface area (Å²) in [6, 6.07) is 0.152. The molecule has 0 fully saturated rings. The molecule has 1 aromatic heterocycles. The van der Waals surface area contributed by atoms with Gasteiger partial charge in [0.2, 0.25) is 5.88 Å². The van der Waals surface area contributed by atoms with Gasteiger partial charge in [-0.05, 0) is 17.2 Å². The summed E-state index contributed by atoms with van der Waals surface area (Å²) in [4.78, 5) is 34.1. The summed E-state index contributed by atoms with van der Waals surface area (Å²) in [7, 11) is 5.51. The van der Waals surface area contributed by atoms with Gasteiger partial charge in [-0.3, -0.25) is 0 Å². The van der Waals surface area contributed by atoms with Gasteiger partial charge in [0, 0.05) is 11.8 Å². The van der Waals surface area contributed by atoms with Crippen LogP contribution in [0.15, 0.2) is 40.5 Å². The van der Waals surface area contributed by atoms with Crippen LogP contribution in [0.4, 0.5) is 0 Å². The lowest BCUT2D eigenvalue weighted by Crippen LogP contribution is -2.34. The van der Waals surface area contributed by atoms with Crippen LogP contribution in [-0.2, 0) is 19.1 Å². The average Bonchev–Trinajstić information content (AvgIpc) is 2.72. The number of methoxy groups -OCH3 is 4. The second-order valence-electron chi connectivity index (χ2n) is 6.35. The van der Waals surface area contributed by atoms with Gasteiger partial charge in [-0.1, -0.05) is 18.2 Å². The number of fused-ring (bicyclic) bond motifs is 2. The second kappa shape index (κ2) is 6.63. The Bertz CT molecular complexity index is 1020. The van der Waals surface area contributed by atoms with Gasteiger partial charge in [-0.2, -0.15) is 9.97 Å². The molecular formula is C20H18N2O6. The smallest absolute Gasteiger partial charge is 0.335 e. The first-order valence-electron chi connectivity index (χ1n) is 8.56. The third-order valence-corrected chi connectivity index (χ3v) is 5.14. The second-order valence-corrected chi connectivity index (χ2v) is 6.35. The fraction of sp³-hybridized carbons (Fsp3) is 0.300. The summed E-state index contributed by atoms with van der Waals surface area (Å²) in [5.41, 5.74) is 3.36. The van der Waals surface area contributed by atoms with E-state index in [0.717, 1.165) is 11.1 Å². The van der Waals surface area contributed by atoms with Crippen molar-refractivity contribution in [1.82, 2.24) is 9.97 Å². The quantitative estimate of drug-likeness (QED) is 0.727. The van der Waals surface area contributed by atoms with Gasteiger partial charge in [0.1, 0.15) is 0 Å². The molecule has 0 saturated heterocycles. The SMILES string of the molecule is COC(=O)C1=C(C(=O)OC)[C@H]2C3=CC=C[C@@H]1C3=Cc1nc(OC)nc(OC)c12. The number of esters is 2. The minimum absolute atomic E-state index is 0.152. The summed E-state index contributed by atoms with van der Waals surface area (Å²) in [6.45, 7) is 0. The highest BCUT2D eigenvalue weighted by molar-refractivity contribution is 6.06. The van der Waals surface area contributed by atoms with Crippen LogP contribution in [0.3, 0.4) is 0 Å². The maximum atomic E-state index is 12.8. The molecule has 2 atom stereocenters. The van der Waals surface area contributed by atoms with Crippen LogP contribution in [0.1, 0.15) is 17.2 Å². The van der Waals surface area contributed by atoms with E-state index < -0.39 is 23.8 Å². The van der Waals surface area contributed by atoms with Crippen molar-refractivity contribution in [2.75, 3.05) is 28.4 Å². The van der Waals surface area contributed by atoms with Gasteiger partial charge in [-0.25, -0.2) is 9.59 Å². The first kappa shape index (κ1) is 18.0. The highest BCUT2D eigenvalue weighted by atomic mass is 16.5. The molecule has 0 unspecified atom stereocenters. The molecule has 0 spiro atoms. The zero-order valence-corrected chi connectivity index (χ0v) is 15.8. The lowest BCUT2D eigenvalue weighted by Gasteiger charge is -2.40.